The number of ether oxygens (including phenoxy) is 1. The number of Topliss-reactive ketones (excluding diaryl/α,β-unsaturated/α-hetero) is 1. The smallest absolute Gasteiger partial charge is 0.306 e. The third kappa shape index (κ3) is 3.43. The van der Waals surface area contributed by atoms with Crippen LogP contribution in [0.25, 0.3) is 0 Å². The van der Waals surface area contributed by atoms with Crippen LogP contribution in [-0.4, -0.2) is 23.1 Å². The van der Waals surface area contributed by atoms with Crippen molar-refractivity contribution in [2.24, 2.45) is 28.6 Å². The van der Waals surface area contributed by atoms with Crippen LogP contribution < -0.4 is 0 Å². The molecule has 0 saturated heterocycles. The molecule has 0 aliphatic heterocycles. The summed E-state index contributed by atoms with van der Waals surface area (Å²) in [5, 5.41) is 0. The van der Waals surface area contributed by atoms with Crippen molar-refractivity contribution in [1.82, 2.24) is 0 Å². The maximum absolute atomic E-state index is 13.1. The first-order valence-electron chi connectivity index (χ1n) is 12.6. The molecule has 0 bridgehead atoms. The van der Waals surface area contributed by atoms with Gasteiger partial charge in [0.05, 0.1) is 0 Å². The minimum absolute atomic E-state index is 0.0330. The fraction of sp³-hybridized carbons (Fsp3) is 0.815. The zero-order valence-corrected chi connectivity index (χ0v) is 19.9. The van der Waals surface area contributed by atoms with Gasteiger partial charge in [-0.25, -0.2) is 0 Å². The summed E-state index contributed by atoms with van der Waals surface area (Å²) in [6.07, 6.45) is 12.6. The molecule has 3 saturated carbocycles. The number of hydrogen-bond acceptors (Lipinski definition) is 4. The van der Waals surface area contributed by atoms with Gasteiger partial charge >= 0.3 is 5.97 Å². The predicted octanol–water partition coefficient (Wildman–Crippen LogP) is 5.97. The Hall–Kier alpha value is -1.45. The highest BCUT2D eigenvalue weighted by atomic mass is 16.6. The third-order valence-corrected chi connectivity index (χ3v) is 9.92. The van der Waals surface area contributed by atoms with E-state index in [0.29, 0.717) is 37.0 Å². The predicted molar refractivity (Wildman–Crippen MR) is 120 cm³/mol. The third-order valence-electron chi connectivity index (χ3n) is 9.92. The van der Waals surface area contributed by atoms with E-state index in [-0.39, 0.29) is 28.4 Å². The number of allylic oxidation sites excluding steroid dienone is 1. The van der Waals surface area contributed by atoms with Gasteiger partial charge in [-0.05, 0) is 87.5 Å². The number of carbonyl (C=O) groups excluding carboxylic acids is 3. The summed E-state index contributed by atoms with van der Waals surface area (Å²) in [6.45, 7) is 8.37. The summed E-state index contributed by atoms with van der Waals surface area (Å²) in [7, 11) is 0. The summed E-state index contributed by atoms with van der Waals surface area (Å²) in [5.74, 6) is 1.66. The van der Waals surface area contributed by atoms with Gasteiger partial charge in [0, 0.05) is 18.3 Å². The van der Waals surface area contributed by atoms with Crippen LogP contribution in [0.4, 0.5) is 0 Å². The van der Waals surface area contributed by atoms with Crippen molar-refractivity contribution in [2.45, 2.75) is 110 Å². The van der Waals surface area contributed by atoms with Crippen molar-refractivity contribution in [2.75, 3.05) is 0 Å². The van der Waals surface area contributed by atoms with Gasteiger partial charge in [-0.3, -0.25) is 14.4 Å². The van der Waals surface area contributed by atoms with Crippen molar-refractivity contribution in [3.63, 3.8) is 0 Å². The molecule has 0 spiro atoms. The summed E-state index contributed by atoms with van der Waals surface area (Å²) >= 11 is 0. The van der Waals surface area contributed by atoms with E-state index in [2.05, 4.69) is 20.8 Å². The number of ketones is 2. The molecule has 0 aromatic rings. The highest BCUT2D eigenvalue weighted by Crippen LogP contribution is 2.68. The van der Waals surface area contributed by atoms with Crippen LogP contribution in [0.3, 0.4) is 0 Å². The average Bonchev–Trinajstić information content (AvgIpc) is 3.02. The molecule has 172 valence electrons. The summed E-state index contributed by atoms with van der Waals surface area (Å²) in [5.41, 5.74) is 0.261. The first-order valence-corrected chi connectivity index (χ1v) is 12.6. The number of hydrogen-bond donors (Lipinski definition) is 0. The minimum atomic E-state index is -0.953. The molecule has 3 fully saturated rings. The molecule has 0 unspecified atom stereocenters. The second-order valence-electron chi connectivity index (χ2n) is 11.3. The van der Waals surface area contributed by atoms with Crippen molar-refractivity contribution >= 4 is 17.5 Å². The lowest BCUT2D eigenvalue weighted by atomic mass is 9.46. The zero-order chi connectivity index (χ0) is 22.4. The van der Waals surface area contributed by atoms with Crippen LogP contribution in [-0.2, 0) is 19.1 Å². The minimum Gasteiger partial charge on any atom is -0.450 e. The Bertz CT molecular complexity index is 797. The van der Waals surface area contributed by atoms with E-state index in [9.17, 15) is 14.4 Å². The van der Waals surface area contributed by atoms with Crippen LogP contribution >= 0.6 is 0 Å². The number of fused-ring (bicyclic) bond motifs is 5. The second kappa shape index (κ2) is 8.15. The second-order valence-corrected chi connectivity index (χ2v) is 11.3. The molecule has 0 aromatic carbocycles. The number of esters is 1. The summed E-state index contributed by atoms with van der Waals surface area (Å²) in [6, 6.07) is 0. The van der Waals surface area contributed by atoms with Crippen molar-refractivity contribution in [3.05, 3.63) is 11.6 Å². The first-order chi connectivity index (χ1) is 14.7. The van der Waals surface area contributed by atoms with Crippen LogP contribution in [0.1, 0.15) is 105 Å². The fourth-order valence-corrected chi connectivity index (χ4v) is 8.14. The van der Waals surface area contributed by atoms with Gasteiger partial charge in [0.2, 0.25) is 0 Å². The number of carbonyl (C=O) groups is 3. The van der Waals surface area contributed by atoms with Crippen molar-refractivity contribution in [1.29, 1.82) is 0 Å². The molecule has 6 atom stereocenters. The molecule has 4 nitrogen and oxygen atoms in total. The summed E-state index contributed by atoms with van der Waals surface area (Å²) in [4.78, 5) is 37.8. The SMILES string of the molecule is CCCCCC(=O)O[C@]1(C(C)=O)CC[C@@H]2[C@@H]3CCC4=CC(=O)CC[C@]4(C)[C@H]3CC[C@@]21C. The van der Waals surface area contributed by atoms with Gasteiger partial charge in [0.15, 0.2) is 17.2 Å². The van der Waals surface area contributed by atoms with Crippen LogP contribution in [0.2, 0.25) is 0 Å². The zero-order valence-electron chi connectivity index (χ0n) is 19.9. The number of rotatable bonds is 6. The van der Waals surface area contributed by atoms with E-state index in [1.54, 1.807) is 6.92 Å². The standard InChI is InChI=1S/C27H40O4/c1-5-6-7-8-24(30)31-27(18(2)28)16-13-23-21-10-9-19-17-20(29)11-14-25(19,3)22(21)12-15-26(23,27)4/h17,21-23H,5-16H2,1-4H3/t21-,22+,23-,25+,26+,27+/m1/s1. The molecule has 0 N–H and O–H groups in total. The maximum atomic E-state index is 13.1. The molecular weight excluding hydrogens is 388 g/mol. The topological polar surface area (TPSA) is 60.4 Å². The molecule has 0 heterocycles. The highest BCUT2D eigenvalue weighted by Gasteiger charge is 2.67. The molecule has 4 heteroatoms. The van der Waals surface area contributed by atoms with E-state index in [4.69, 9.17) is 4.74 Å². The highest BCUT2D eigenvalue weighted by molar-refractivity contribution is 5.91. The number of unbranched alkanes of at least 4 members (excludes halogenated alkanes) is 2. The van der Waals surface area contributed by atoms with Crippen molar-refractivity contribution in [3.8, 4) is 0 Å². The molecule has 4 rings (SSSR count). The van der Waals surface area contributed by atoms with Gasteiger partial charge in [-0.2, -0.15) is 0 Å². The van der Waals surface area contributed by atoms with Crippen LogP contribution in [0.5, 0.6) is 0 Å². The van der Waals surface area contributed by atoms with E-state index < -0.39 is 5.60 Å². The quantitative estimate of drug-likeness (QED) is 0.386. The lowest BCUT2D eigenvalue weighted by Gasteiger charge is -2.59. The Labute approximate surface area is 187 Å². The van der Waals surface area contributed by atoms with E-state index in [1.165, 1.54) is 5.57 Å². The fourth-order valence-electron chi connectivity index (χ4n) is 8.14. The van der Waals surface area contributed by atoms with E-state index in [1.807, 2.05) is 6.08 Å². The monoisotopic (exact) mass is 428 g/mol. The average molecular weight is 429 g/mol. The van der Waals surface area contributed by atoms with Gasteiger partial charge in [0.25, 0.3) is 0 Å². The Balaban J connectivity index is 1.59. The lowest BCUT2D eigenvalue weighted by molar-refractivity contribution is -0.189. The molecule has 4 aliphatic carbocycles. The Morgan fingerprint density at radius 1 is 1.03 bits per heavy atom. The van der Waals surface area contributed by atoms with E-state index >= 15 is 0 Å². The largest absolute Gasteiger partial charge is 0.450 e. The van der Waals surface area contributed by atoms with Crippen LogP contribution in [0.15, 0.2) is 11.6 Å². The Morgan fingerprint density at radius 2 is 1.77 bits per heavy atom. The van der Waals surface area contributed by atoms with Gasteiger partial charge < -0.3 is 4.74 Å². The van der Waals surface area contributed by atoms with Gasteiger partial charge in [0.1, 0.15) is 0 Å². The first kappa shape index (κ1) is 22.7. The van der Waals surface area contributed by atoms with Gasteiger partial charge in [-0.1, -0.05) is 39.2 Å². The van der Waals surface area contributed by atoms with Gasteiger partial charge in [-0.15, -0.1) is 0 Å². The molecule has 31 heavy (non-hydrogen) atoms. The lowest BCUT2D eigenvalue weighted by Crippen LogP contribution is -2.58. The van der Waals surface area contributed by atoms with Crippen LogP contribution in [0, 0.1) is 28.6 Å². The summed E-state index contributed by atoms with van der Waals surface area (Å²) < 4.78 is 6.16. The maximum Gasteiger partial charge on any atom is 0.306 e. The molecule has 0 aromatic heterocycles. The Kier molecular flexibility index (Phi) is 5.98. The molecule has 0 radical (unpaired) electrons. The normalized spacial score (nSPS) is 41.6. The molecule has 0 amide bonds. The molecular formula is C27H40O4. The van der Waals surface area contributed by atoms with Crippen molar-refractivity contribution < 1.29 is 19.1 Å². The van der Waals surface area contributed by atoms with E-state index in [0.717, 1.165) is 57.8 Å². The molecule has 4 aliphatic rings. The Morgan fingerprint density at radius 3 is 2.48 bits per heavy atom.